The summed E-state index contributed by atoms with van der Waals surface area (Å²) in [6, 6.07) is 7.55. The van der Waals surface area contributed by atoms with Crippen LogP contribution in [-0.2, 0) is 11.3 Å². The lowest BCUT2D eigenvalue weighted by Crippen LogP contribution is -2.38. The van der Waals surface area contributed by atoms with Crippen molar-refractivity contribution in [2.24, 2.45) is 0 Å². The Hall–Kier alpha value is -2.74. The number of hydrogen-bond acceptors (Lipinski definition) is 5. The fourth-order valence-corrected chi connectivity index (χ4v) is 3.98. The van der Waals surface area contributed by atoms with Gasteiger partial charge in [0.25, 0.3) is 0 Å². The highest BCUT2D eigenvalue weighted by Crippen LogP contribution is 2.24. The Morgan fingerprint density at radius 3 is 2.69 bits per heavy atom. The molecule has 0 aromatic carbocycles. The average Bonchev–Trinajstić information content (AvgIpc) is 3.38. The molecule has 1 saturated carbocycles. The highest BCUT2D eigenvalue weighted by atomic mass is 32.1. The standard InChI is InChI=1S/C18H19N5O2S/c24-16(20-13-4-1-2-5-13)12-22-18(25)23(14-7-9-19-10-8-14)17(21-22)15-6-3-11-26-15/h3,6-11,13H,1-2,4-5,12H2,(H,20,24). The SMILES string of the molecule is O=C(Cn1nc(-c2cccs2)n(-c2ccncc2)c1=O)NC1CCCC1. The number of aromatic nitrogens is 4. The van der Waals surface area contributed by atoms with Crippen molar-refractivity contribution >= 4 is 17.2 Å². The van der Waals surface area contributed by atoms with Gasteiger partial charge >= 0.3 is 5.69 Å². The van der Waals surface area contributed by atoms with E-state index in [1.54, 1.807) is 24.5 Å². The lowest BCUT2D eigenvalue weighted by atomic mass is 10.2. The Morgan fingerprint density at radius 1 is 1.23 bits per heavy atom. The van der Waals surface area contributed by atoms with Gasteiger partial charge in [0.05, 0.1) is 10.6 Å². The van der Waals surface area contributed by atoms with Gasteiger partial charge in [0.15, 0.2) is 5.82 Å². The number of thiophene rings is 1. The van der Waals surface area contributed by atoms with Crippen LogP contribution < -0.4 is 11.0 Å². The zero-order valence-corrected chi connectivity index (χ0v) is 15.0. The Kier molecular flexibility index (Phi) is 4.66. The van der Waals surface area contributed by atoms with Crippen molar-refractivity contribution in [3.05, 3.63) is 52.5 Å². The number of hydrogen-bond donors (Lipinski definition) is 1. The largest absolute Gasteiger partial charge is 0.352 e. The van der Waals surface area contributed by atoms with E-state index in [1.807, 2.05) is 17.5 Å². The number of nitrogens with one attached hydrogen (secondary N) is 1. The number of nitrogens with zero attached hydrogens (tertiary/aromatic N) is 4. The van der Waals surface area contributed by atoms with Gasteiger partial charge in [-0.15, -0.1) is 16.4 Å². The molecule has 3 aromatic heterocycles. The van der Waals surface area contributed by atoms with Crippen LogP contribution in [0.3, 0.4) is 0 Å². The molecule has 0 unspecified atom stereocenters. The van der Waals surface area contributed by atoms with Crippen molar-refractivity contribution in [2.45, 2.75) is 38.3 Å². The maximum absolute atomic E-state index is 12.9. The third-order valence-electron chi connectivity index (χ3n) is 4.52. The van der Waals surface area contributed by atoms with E-state index >= 15 is 0 Å². The number of pyridine rings is 1. The molecule has 0 bridgehead atoms. The van der Waals surface area contributed by atoms with Crippen LogP contribution in [0.1, 0.15) is 25.7 Å². The molecule has 0 saturated heterocycles. The molecular weight excluding hydrogens is 350 g/mol. The van der Waals surface area contributed by atoms with Crippen molar-refractivity contribution < 1.29 is 4.79 Å². The third kappa shape index (κ3) is 3.32. The smallest absolute Gasteiger partial charge is 0.351 e. The predicted molar refractivity (Wildman–Crippen MR) is 99.3 cm³/mol. The minimum absolute atomic E-state index is 0.0776. The van der Waals surface area contributed by atoms with E-state index in [9.17, 15) is 9.59 Å². The van der Waals surface area contributed by atoms with Gasteiger partial charge in [0.1, 0.15) is 6.54 Å². The highest BCUT2D eigenvalue weighted by molar-refractivity contribution is 7.13. The Morgan fingerprint density at radius 2 is 2.00 bits per heavy atom. The molecule has 1 fully saturated rings. The first-order chi connectivity index (χ1) is 12.7. The first-order valence-electron chi connectivity index (χ1n) is 8.66. The van der Waals surface area contributed by atoms with Crippen LogP contribution in [-0.4, -0.2) is 31.3 Å². The second-order valence-electron chi connectivity index (χ2n) is 6.33. The molecule has 3 heterocycles. The van der Waals surface area contributed by atoms with E-state index in [4.69, 9.17) is 0 Å². The minimum atomic E-state index is -0.332. The second kappa shape index (κ2) is 7.25. The highest BCUT2D eigenvalue weighted by Gasteiger charge is 2.21. The fraction of sp³-hybridized carbons (Fsp3) is 0.333. The molecule has 4 rings (SSSR count). The molecule has 8 heteroatoms. The monoisotopic (exact) mass is 369 g/mol. The number of amides is 1. The van der Waals surface area contributed by atoms with E-state index in [0.29, 0.717) is 11.5 Å². The molecule has 7 nitrogen and oxygen atoms in total. The van der Waals surface area contributed by atoms with Crippen LogP contribution in [0.25, 0.3) is 16.4 Å². The second-order valence-corrected chi connectivity index (χ2v) is 7.28. The predicted octanol–water partition coefficient (Wildman–Crippen LogP) is 2.22. The third-order valence-corrected chi connectivity index (χ3v) is 5.38. The van der Waals surface area contributed by atoms with E-state index in [0.717, 1.165) is 30.6 Å². The summed E-state index contributed by atoms with van der Waals surface area (Å²) < 4.78 is 2.76. The summed E-state index contributed by atoms with van der Waals surface area (Å²) in [4.78, 5) is 30.1. The van der Waals surface area contributed by atoms with Gasteiger partial charge in [-0.2, -0.15) is 0 Å². The molecular formula is C18H19N5O2S. The van der Waals surface area contributed by atoms with Crippen molar-refractivity contribution in [1.29, 1.82) is 0 Å². The van der Waals surface area contributed by atoms with Crippen molar-refractivity contribution in [3.63, 3.8) is 0 Å². The van der Waals surface area contributed by atoms with Gasteiger partial charge in [-0.05, 0) is 36.4 Å². The lowest BCUT2D eigenvalue weighted by Gasteiger charge is -2.11. The topological polar surface area (TPSA) is 81.8 Å². The van der Waals surface area contributed by atoms with Gasteiger partial charge in [0.2, 0.25) is 5.91 Å². The summed E-state index contributed by atoms with van der Waals surface area (Å²) in [6.07, 6.45) is 7.56. The van der Waals surface area contributed by atoms with Gasteiger partial charge in [-0.25, -0.2) is 14.0 Å². The molecule has 1 aliphatic rings. The van der Waals surface area contributed by atoms with Gasteiger partial charge in [-0.1, -0.05) is 18.9 Å². The zero-order chi connectivity index (χ0) is 17.9. The van der Waals surface area contributed by atoms with Crippen LogP contribution in [0.15, 0.2) is 46.8 Å². The average molecular weight is 369 g/mol. The number of rotatable bonds is 5. The Bertz CT molecular complexity index is 940. The summed E-state index contributed by atoms with van der Waals surface area (Å²) in [6.45, 7) is -0.0776. The molecule has 26 heavy (non-hydrogen) atoms. The van der Waals surface area contributed by atoms with Crippen LogP contribution in [0.5, 0.6) is 0 Å². The number of carbonyl (C=O) groups is 1. The molecule has 1 amide bonds. The summed E-state index contributed by atoms with van der Waals surface area (Å²) in [5.41, 5.74) is 0.344. The Labute approximate surface area is 154 Å². The first-order valence-corrected chi connectivity index (χ1v) is 9.54. The van der Waals surface area contributed by atoms with E-state index in [1.165, 1.54) is 20.6 Å². The zero-order valence-electron chi connectivity index (χ0n) is 14.2. The van der Waals surface area contributed by atoms with Crippen LogP contribution in [0, 0.1) is 0 Å². The van der Waals surface area contributed by atoms with Crippen LogP contribution in [0.4, 0.5) is 0 Å². The summed E-state index contributed by atoms with van der Waals surface area (Å²) in [5, 5.41) is 9.38. The lowest BCUT2D eigenvalue weighted by molar-refractivity contribution is -0.122. The quantitative estimate of drug-likeness (QED) is 0.748. The van der Waals surface area contributed by atoms with E-state index in [2.05, 4.69) is 15.4 Å². The molecule has 134 valence electrons. The number of carbonyl (C=O) groups excluding carboxylic acids is 1. The molecule has 0 radical (unpaired) electrons. The van der Waals surface area contributed by atoms with Crippen LogP contribution >= 0.6 is 11.3 Å². The summed E-state index contributed by atoms with van der Waals surface area (Å²) in [7, 11) is 0. The summed E-state index contributed by atoms with van der Waals surface area (Å²) >= 11 is 1.50. The molecule has 0 spiro atoms. The van der Waals surface area contributed by atoms with Crippen molar-refractivity contribution in [3.8, 4) is 16.4 Å². The van der Waals surface area contributed by atoms with Gasteiger partial charge in [-0.3, -0.25) is 9.78 Å². The minimum Gasteiger partial charge on any atom is -0.352 e. The van der Waals surface area contributed by atoms with Gasteiger partial charge in [0, 0.05) is 18.4 Å². The maximum atomic E-state index is 12.9. The molecule has 3 aromatic rings. The van der Waals surface area contributed by atoms with Crippen molar-refractivity contribution in [2.75, 3.05) is 0 Å². The molecule has 0 aliphatic heterocycles. The fourth-order valence-electron chi connectivity index (χ4n) is 3.28. The summed E-state index contributed by atoms with van der Waals surface area (Å²) in [5.74, 6) is 0.362. The first kappa shape index (κ1) is 16.7. The normalized spacial score (nSPS) is 14.6. The van der Waals surface area contributed by atoms with Gasteiger partial charge < -0.3 is 5.32 Å². The maximum Gasteiger partial charge on any atom is 0.351 e. The van der Waals surface area contributed by atoms with E-state index in [-0.39, 0.29) is 24.2 Å². The van der Waals surface area contributed by atoms with Crippen molar-refractivity contribution in [1.82, 2.24) is 24.6 Å². The van der Waals surface area contributed by atoms with Crippen LogP contribution in [0.2, 0.25) is 0 Å². The molecule has 0 atom stereocenters. The van der Waals surface area contributed by atoms with E-state index < -0.39 is 0 Å². The molecule has 1 N–H and O–H groups in total. The Balaban J connectivity index is 1.67. The molecule has 1 aliphatic carbocycles.